The molecule has 0 aromatic carbocycles. The minimum absolute atomic E-state index is 0.115. The quantitative estimate of drug-likeness (QED) is 0.634. The Labute approximate surface area is 102 Å². The summed E-state index contributed by atoms with van der Waals surface area (Å²) in [5.74, 6) is 0.678. The molecule has 1 aliphatic rings. The van der Waals surface area contributed by atoms with Gasteiger partial charge >= 0.3 is 5.69 Å². The Balaban J connectivity index is 1.84. The number of aromatic amines is 1. The molecule has 0 amide bonds. The van der Waals surface area contributed by atoms with Crippen LogP contribution in [-0.2, 0) is 4.74 Å². The second kappa shape index (κ2) is 4.39. The molecule has 1 fully saturated rings. The maximum atomic E-state index is 11.3. The summed E-state index contributed by atoms with van der Waals surface area (Å²) in [6, 6.07) is 1.89. The number of rotatable bonds is 3. The molecule has 8 heteroatoms. The Kier molecular flexibility index (Phi) is 2.73. The number of fused-ring (bicyclic) bond motifs is 1. The molecule has 8 nitrogen and oxygen atoms in total. The van der Waals surface area contributed by atoms with Gasteiger partial charge in [-0.1, -0.05) is 0 Å². The lowest BCUT2D eigenvalue weighted by atomic mass is 10.2. The molecule has 2 aromatic rings. The molecule has 1 aliphatic heterocycles. The van der Waals surface area contributed by atoms with Crippen molar-refractivity contribution in [1.82, 2.24) is 24.9 Å². The molecule has 3 heterocycles. The molecule has 96 valence electrons. The van der Waals surface area contributed by atoms with Crippen LogP contribution in [0.4, 0.5) is 5.82 Å². The summed E-state index contributed by atoms with van der Waals surface area (Å²) in [6.07, 6.45) is 1.57. The molecule has 1 unspecified atom stereocenters. The third-order valence-corrected chi connectivity index (χ3v) is 3.10. The SMILES string of the molecule is CO[C@H]1CNCC1Nc1cc2n[nH]c(=O)n2cn1. The summed E-state index contributed by atoms with van der Waals surface area (Å²) in [7, 11) is 1.69. The first kappa shape index (κ1) is 11.2. The van der Waals surface area contributed by atoms with Crippen LogP contribution >= 0.6 is 0 Å². The van der Waals surface area contributed by atoms with E-state index in [2.05, 4.69) is 25.8 Å². The number of anilines is 1. The van der Waals surface area contributed by atoms with Gasteiger partial charge in [-0.3, -0.25) is 0 Å². The van der Waals surface area contributed by atoms with E-state index in [1.54, 1.807) is 13.2 Å². The maximum absolute atomic E-state index is 11.3. The second-order valence-electron chi connectivity index (χ2n) is 4.21. The largest absolute Gasteiger partial charge is 0.378 e. The molecule has 18 heavy (non-hydrogen) atoms. The van der Waals surface area contributed by atoms with Gasteiger partial charge < -0.3 is 15.4 Å². The van der Waals surface area contributed by atoms with E-state index < -0.39 is 0 Å². The fourth-order valence-corrected chi connectivity index (χ4v) is 2.13. The molecule has 3 rings (SSSR count). The molecule has 0 aliphatic carbocycles. The van der Waals surface area contributed by atoms with Crippen molar-refractivity contribution in [3.05, 3.63) is 22.9 Å². The molecule has 0 bridgehead atoms. The molecule has 2 aromatic heterocycles. The van der Waals surface area contributed by atoms with Crippen molar-refractivity contribution >= 4 is 11.5 Å². The van der Waals surface area contributed by atoms with Crippen LogP contribution in [0.15, 0.2) is 17.2 Å². The number of nitrogens with zero attached hydrogens (tertiary/aromatic N) is 3. The highest BCUT2D eigenvalue weighted by Crippen LogP contribution is 2.11. The molecule has 0 saturated carbocycles. The topological polar surface area (TPSA) is 96.3 Å². The van der Waals surface area contributed by atoms with Gasteiger partial charge in [-0.15, -0.1) is 0 Å². The van der Waals surface area contributed by atoms with Crippen LogP contribution in [0.3, 0.4) is 0 Å². The van der Waals surface area contributed by atoms with Crippen molar-refractivity contribution in [3.8, 4) is 0 Å². The zero-order valence-corrected chi connectivity index (χ0v) is 9.88. The summed E-state index contributed by atoms with van der Waals surface area (Å²) in [5, 5.41) is 12.8. The Bertz CT molecular complexity index is 606. The molecule has 0 radical (unpaired) electrons. The van der Waals surface area contributed by atoms with E-state index in [-0.39, 0.29) is 17.8 Å². The van der Waals surface area contributed by atoms with Crippen molar-refractivity contribution in [2.75, 3.05) is 25.5 Å². The van der Waals surface area contributed by atoms with Gasteiger partial charge in [-0.2, -0.15) is 5.10 Å². The van der Waals surface area contributed by atoms with Crippen molar-refractivity contribution in [3.63, 3.8) is 0 Å². The summed E-state index contributed by atoms with van der Waals surface area (Å²) in [5.41, 5.74) is 0.249. The van der Waals surface area contributed by atoms with Gasteiger partial charge in [0.15, 0.2) is 5.65 Å². The van der Waals surface area contributed by atoms with E-state index in [9.17, 15) is 4.79 Å². The van der Waals surface area contributed by atoms with E-state index in [0.29, 0.717) is 11.5 Å². The number of ether oxygens (including phenoxy) is 1. The number of hydrogen-bond donors (Lipinski definition) is 3. The number of hydrogen-bond acceptors (Lipinski definition) is 6. The summed E-state index contributed by atoms with van der Waals surface area (Å²) in [4.78, 5) is 15.5. The van der Waals surface area contributed by atoms with Gasteiger partial charge in [0.2, 0.25) is 0 Å². The lowest BCUT2D eigenvalue weighted by molar-refractivity contribution is 0.111. The van der Waals surface area contributed by atoms with Crippen LogP contribution in [0.2, 0.25) is 0 Å². The van der Waals surface area contributed by atoms with Crippen molar-refractivity contribution in [2.24, 2.45) is 0 Å². The van der Waals surface area contributed by atoms with Gasteiger partial charge in [-0.25, -0.2) is 19.3 Å². The van der Waals surface area contributed by atoms with Crippen LogP contribution < -0.4 is 16.3 Å². The monoisotopic (exact) mass is 250 g/mol. The van der Waals surface area contributed by atoms with E-state index in [1.165, 1.54) is 10.7 Å². The number of H-pyrrole nitrogens is 1. The Morgan fingerprint density at radius 2 is 2.44 bits per heavy atom. The predicted molar refractivity (Wildman–Crippen MR) is 64.7 cm³/mol. The lowest BCUT2D eigenvalue weighted by Crippen LogP contribution is -2.33. The smallest absolute Gasteiger partial charge is 0.348 e. The summed E-state index contributed by atoms with van der Waals surface area (Å²) < 4.78 is 6.71. The highest BCUT2D eigenvalue weighted by Gasteiger charge is 2.26. The normalized spacial score (nSPS) is 23.6. The highest BCUT2D eigenvalue weighted by molar-refractivity contribution is 5.49. The summed E-state index contributed by atoms with van der Waals surface area (Å²) in [6.45, 7) is 1.64. The molecular formula is C10H14N6O2. The predicted octanol–water partition coefficient (Wildman–Crippen LogP) is -1.18. The minimum atomic E-state index is -0.290. The molecule has 3 N–H and O–H groups in total. The molecule has 0 spiro atoms. The zero-order valence-electron chi connectivity index (χ0n) is 9.88. The van der Waals surface area contributed by atoms with Gasteiger partial charge in [0.1, 0.15) is 12.1 Å². The van der Waals surface area contributed by atoms with Crippen molar-refractivity contribution in [1.29, 1.82) is 0 Å². The average Bonchev–Trinajstić information content (AvgIpc) is 2.97. The summed E-state index contributed by atoms with van der Waals surface area (Å²) >= 11 is 0. The fourth-order valence-electron chi connectivity index (χ4n) is 2.13. The van der Waals surface area contributed by atoms with E-state index in [1.807, 2.05) is 0 Å². The highest BCUT2D eigenvalue weighted by atomic mass is 16.5. The Morgan fingerprint density at radius 3 is 3.28 bits per heavy atom. The van der Waals surface area contributed by atoms with Crippen molar-refractivity contribution < 1.29 is 4.74 Å². The first-order valence-electron chi connectivity index (χ1n) is 5.71. The standard InChI is InChI=1S/C10H14N6O2/c1-18-7-4-11-3-6(7)13-8-2-9-14-15-10(17)16(9)5-12-8/h2,5-7,11,13H,3-4H2,1H3,(H,15,17)/t6?,7-/m0/s1. The molecule has 2 atom stereocenters. The third kappa shape index (κ3) is 1.85. The number of aromatic nitrogens is 4. The average molecular weight is 250 g/mol. The third-order valence-electron chi connectivity index (χ3n) is 3.10. The van der Waals surface area contributed by atoms with E-state index >= 15 is 0 Å². The van der Waals surface area contributed by atoms with Crippen LogP contribution in [0.25, 0.3) is 5.65 Å². The first-order chi connectivity index (χ1) is 8.78. The lowest BCUT2D eigenvalue weighted by Gasteiger charge is -2.18. The molecule has 1 saturated heterocycles. The number of methoxy groups -OCH3 is 1. The minimum Gasteiger partial charge on any atom is -0.378 e. The van der Waals surface area contributed by atoms with Gasteiger partial charge in [0.25, 0.3) is 0 Å². The van der Waals surface area contributed by atoms with E-state index in [4.69, 9.17) is 4.74 Å². The van der Waals surface area contributed by atoms with Gasteiger partial charge in [0.05, 0.1) is 12.1 Å². The van der Waals surface area contributed by atoms with Crippen LogP contribution in [0.5, 0.6) is 0 Å². The van der Waals surface area contributed by atoms with E-state index in [0.717, 1.165) is 13.1 Å². The van der Waals surface area contributed by atoms with Crippen LogP contribution in [-0.4, -0.2) is 51.9 Å². The molecular weight excluding hydrogens is 236 g/mol. The first-order valence-corrected chi connectivity index (χ1v) is 5.71. The fraction of sp³-hybridized carbons (Fsp3) is 0.500. The van der Waals surface area contributed by atoms with Crippen LogP contribution in [0, 0.1) is 0 Å². The van der Waals surface area contributed by atoms with Gasteiger partial charge in [0, 0.05) is 26.3 Å². The van der Waals surface area contributed by atoms with Gasteiger partial charge in [-0.05, 0) is 0 Å². The Morgan fingerprint density at radius 1 is 1.56 bits per heavy atom. The maximum Gasteiger partial charge on any atom is 0.348 e. The zero-order chi connectivity index (χ0) is 12.5. The number of nitrogens with one attached hydrogen (secondary N) is 3. The second-order valence-corrected chi connectivity index (χ2v) is 4.21. The Hall–Kier alpha value is -1.93. The van der Waals surface area contributed by atoms with Crippen LogP contribution in [0.1, 0.15) is 0 Å². The van der Waals surface area contributed by atoms with Crippen molar-refractivity contribution in [2.45, 2.75) is 12.1 Å².